The number of nitrogens with one attached hydrogen (secondary N) is 1. The van der Waals surface area contributed by atoms with Gasteiger partial charge in [-0.2, -0.15) is 9.97 Å². The molecule has 5 aliphatic heterocycles. The number of fused-ring (bicyclic) bond motifs is 3. The van der Waals surface area contributed by atoms with Crippen molar-refractivity contribution in [2.75, 3.05) is 55.7 Å². The zero-order valence-corrected chi connectivity index (χ0v) is 26.0. The first kappa shape index (κ1) is 28.2. The van der Waals surface area contributed by atoms with Gasteiger partial charge in [0.05, 0.1) is 27.7 Å². The van der Waals surface area contributed by atoms with Crippen LogP contribution in [0.15, 0.2) is 28.7 Å². The highest BCUT2D eigenvalue weighted by atomic mass is 79.9. The number of aromatic hydroxyl groups is 1. The van der Waals surface area contributed by atoms with Crippen molar-refractivity contribution in [3.8, 4) is 11.8 Å². The summed E-state index contributed by atoms with van der Waals surface area (Å²) >= 11 is 3.44. The van der Waals surface area contributed by atoms with Gasteiger partial charge < -0.3 is 25.0 Å². The quantitative estimate of drug-likeness (QED) is 0.385. The van der Waals surface area contributed by atoms with Gasteiger partial charge in [-0.3, -0.25) is 9.69 Å². The second-order valence-corrected chi connectivity index (χ2v) is 14.0. The van der Waals surface area contributed by atoms with Crippen molar-refractivity contribution in [3.05, 3.63) is 45.8 Å². The van der Waals surface area contributed by atoms with E-state index >= 15 is 0 Å². The fourth-order valence-electron chi connectivity index (χ4n) is 8.23. The average Bonchev–Trinajstić information content (AvgIpc) is 3.55. The van der Waals surface area contributed by atoms with Crippen LogP contribution >= 0.6 is 15.9 Å². The number of alkyl halides is 1. The maximum atomic E-state index is 14.7. The number of piperidine rings is 1. The molecule has 1 aromatic heterocycles. The molecule has 4 fully saturated rings. The van der Waals surface area contributed by atoms with E-state index in [9.17, 15) is 18.7 Å². The highest BCUT2D eigenvalue weighted by molar-refractivity contribution is 9.10. The van der Waals surface area contributed by atoms with Crippen molar-refractivity contribution in [1.29, 1.82) is 0 Å². The molecule has 0 aliphatic carbocycles. The Bertz CT molecular complexity index is 1680. The fraction of sp³-hybridized carbons (Fsp3) is 0.531. The number of rotatable bonds is 5. The van der Waals surface area contributed by atoms with E-state index in [0.29, 0.717) is 67.7 Å². The molecule has 1 spiro atoms. The highest BCUT2D eigenvalue weighted by Gasteiger charge is 2.51. The van der Waals surface area contributed by atoms with Crippen LogP contribution in [0.25, 0.3) is 10.8 Å². The summed E-state index contributed by atoms with van der Waals surface area (Å²) in [5, 5.41) is 14.9. The largest absolute Gasteiger partial charge is 0.508 e. The third kappa shape index (κ3) is 4.50. The third-order valence-corrected chi connectivity index (χ3v) is 11.3. The SMILES string of the molecule is O=C1NCC12CCCN(c1nc(OCC34CCCN3C[C@H](F)C4)nc3c1CCN(c1cc(O)cc4ccc(F)c(Br)c14)C3)C2. The summed E-state index contributed by atoms with van der Waals surface area (Å²) < 4.78 is 35.9. The molecule has 6 heterocycles. The maximum absolute atomic E-state index is 14.7. The number of carbonyl (C=O) groups excluding carboxylic acids is 1. The number of benzene rings is 2. The van der Waals surface area contributed by atoms with Crippen LogP contribution in [0.2, 0.25) is 0 Å². The molecule has 2 N–H and O–H groups in total. The molecule has 2 aromatic carbocycles. The third-order valence-electron chi connectivity index (χ3n) is 10.5. The Morgan fingerprint density at radius 2 is 2.00 bits per heavy atom. The molecule has 5 aliphatic rings. The van der Waals surface area contributed by atoms with Crippen molar-refractivity contribution in [2.45, 2.75) is 56.8 Å². The number of amides is 1. The fourth-order valence-corrected chi connectivity index (χ4v) is 8.79. The van der Waals surface area contributed by atoms with Gasteiger partial charge in [-0.15, -0.1) is 0 Å². The normalized spacial score (nSPS) is 28.2. The maximum Gasteiger partial charge on any atom is 0.318 e. The molecule has 4 saturated heterocycles. The van der Waals surface area contributed by atoms with E-state index in [0.717, 1.165) is 61.2 Å². The van der Waals surface area contributed by atoms with Crippen molar-refractivity contribution in [1.82, 2.24) is 20.2 Å². The molecule has 3 aromatic rings. The summed E-state index contributed by atoms with van der Waals surface area (Å²) in [6.45, 7) is 4.72. The predicted molar refractivity (Wildman–Crippen MR) is 165 cm³/mol. The lowest BCUT2D eigenvalue weighted by atomic mass is 9.74. The number of aromatic nitrogens is 2. The van der Waals surface area contributed by atoms with Crippen LogP contribution in [0.4, 0.5) is 20.3 Å². The van der Waals surface area contributed by atoms with E-state index in [4.69, 9.17) is 14.7 Å². The number of carbonyl (C=O) groups is 1. The molecular weight excluding hydrogens is 634 g/mol. The standard InChI is InChI=1S/C32H35BrF2N6O3/c33-27-23(35)4-3-19-11-21(42)12-25(26(19)27)39-10-5-22-24(15-39)37-30(44-18-32-7-2-9-41(32)14-20(34)13-32)38-28(22)40-8-1-6-31(17-40)16-36-29(31)43/h3-4,11-12,20,42H,1-2,5-10,13-18H2,(H,36,43)/t20-,31?,32?/m1/s1. The van der Waals surface area contributed by atoms with Crippen LogP contribution < -0.4 is 19.9 Å². The first-order valence-electron chi connectivity index (χ1n) is 15.5. The topological polar surface area (TPSA) is 94.1 Å². The molecule has 3 atom stereocenters. The van der Waals surface area contributed by atoms with Gasteiger partial charge in [-0.1, -0.05) is 6.07 Å². The first-order valence-corrected chi connectivity index (χ1v) is 16.3. The van der Waals surface area contributed by atoms with E-state index in [1.807, 2.05) is 0 Å². The van der Waals surface area contributed by atoms with Crippen LogP contribution in [0, 0.1) is 11.2 Å². The molecule has 12 heteroatoms. The molecule has 9 nitrogen and oxygen atoms in total. The molecule has 8 rings (SSSR count). The lowest BCUT2D eigenvalue weighted by Gasteiger charge is -2.48. The summed E-state index contributed by atoms with van der Waals surface area (Å²) in [6.07, 6.45) is 3.89. The monoisotopic (exact) mass is 668 g/mol. The van der Waals surface area contributed by atoms with E-state index in [1.165, 1.54) is 6.07 Å². The molecule has 232 valence electrons. The minimum Gasteiger partial charge on any atom is -0.508 e. The molecule has 44 heavy (non-hydrogen) atoms. The summed E-state index contributed by atoms with van der Waals surface area (Å²) in [4.78, 5) is 29.0. The number of ether oxygens (including phenoxy) is 1. The van der Waals surface area contributed by atoms with Crippen molar-refractivity contribution >= 4 is 44.1 Å². The second kappa shape index (κ2) is 10.4. The zero-order chi connectivity index (χ0) is 30.2. The minimum absolute atomic E-state index is 0.101. The number of phenolic OH excluding ortho intramolecular Hbond substituents is 1. The van der Waals surface area contributed by atoms with E-state index < -0.39 is 11.6 Å². The summed E-state index contributed by atoms with van der Waals surface area (Å²) in [7, 11) is 0. The minimum atomic E-state index is -0.855. The highest BCUT2D eigenvalue weighted by Crippen LogP contribution is 2.43. The number of nitrogens with zero attached hydrogens (tertiary/aromatic N) is 5. The molecule has 2 unspecified atom stereocenters. The second-order valence-electron chi connectivity index (χ2n) is 13.2. The Morgan fingerprint density at radius 3 is 2.82 bits per heavy atom. The number of β-lactam (4-membered cyclic amide) rings is 1. The van der Waals surface area contributed by atoms with Gasteiger partial charge in [-0.25, -0.2) is 8.78 Å². The molecule has 0 bridgehead atoms. The van der Waals surface area contributed by atoms with Gasteiger partial charge in [0.15, 0.2) is 0 Å². The Labute approximate surface area is 262 Å². The van der Waals surface area contributed by atoms with Gasteiger partial charge in [0.2, 0.25) is 5.91 Å². The van der Waals surface area contributed by atoms with Crippen LogP contribution in [0.5, 0.6) is 11.8 Å². The molecular formula is C32H35BrF2N6O3. The van der Waals surface area contributed by atoms with E-state index in [2.05, 4.69) is 35.9 Å². The van der Waals surface area contributed by atoms with Crippen LogP contribution in [0.3, 0.4) is 0 Å². The molecule has 0 radical (unpaired) electrons. The summed E-state index contributed by atoms with van der Waals surface area (Å²) in [5.74, 6) is 0.629. The van der Waals surface area contributed by atoms with Crippen molar-refractivity contribution in [3.63, 3.8) is 0 Å². The average molecular weight is 670 g/mol. The van der Waals surface area contributed by atoms with Crippen LogP contribution in [-0.4, -0.2) is 83.5 Å². The van der Waals surface area contributed by atoms with Gasteiger partial charge in [0.1, 0.15) is 30.2 Å². The van der Waals surface area contributed by atoms with Crippen molar-refractivity contribution < 1.29 is 23.4 Å². The number of hydrogen-bond acceptors (Lipinski definition) is 8. The first-order chi connectivity index (χ1) is 21.2. The molecule has 1 amide bonds. The van der Waals surface area contributed by atoms with Crippen molar-refractivity contribution in [2.24, 2.45) is 5.41 Å². The number of halogens is 3. The van der Waals surface area contributed by atoms with Crippen LogP contribution in [-0.2, 0) is 17.8 Å². The Kier molecular flexibility index (Phi) is 6.68. The number of anilines is 2. The summed E-state index contributed by atoms with van der Waals surface area (Å²) in [5.41, 5.74) is 1.81. The van der Waals surface area contributed by atoms with Gasteiger partial charge in [0, 0.05) is 61.8 Å². The lowest BCUT2D eigenvalue weighted by Crippen LogP contribution is -2.65. The lowest BCUT2D eigenvalue weighted by molar-refractivity contribution is -0.140. The van der Waals surface area contributed by atoms with Crippen LogP contribution in [0.1, 0.15) is 43.4 Å². The van der Waals surface area contributed by atoms with Gasteiger partial charge in [-0.05, 0) is 72.1 Å². The number of phenols is 1. The van der Waals surface area contributed by atoms with Gasteiger partial charge >= 0.3 is 6.01 Å². The Balaban J connectivity index is 1.16. The van der Waals surface area contributed by atoms with E-state index in [1.54, 1.807) is 18.2 Å². The predicted octanol–water partition coefficient (Wildman–Crippen LogP) is 4.47. The van der Waals surface area contributed by atoms with Gasteiger partial charge in [0.25, 0.3) is 0 Å². The Hall–Kier alpha value is -3.25. The molecule has 0 saturated carbocycles. The van der Waals surface area contributed by atoms with E-state index in [-0.39, 0.29) is 29.0 Å². The number of hydrogen-bond donors (Lipinski definition) is 2. The summed E-state index contributed by atoms with van der Waals surface area (Å²) in [6, 6.07) is 6.62. The Morgan fingerprint density at radius 1 is 1.14 bits per heavy atom. The zero-order valence-electron chi connectivity index (χ0n) is 24.4. The smallest absolute Gasteiger partial charge is 0.318 e.